The minimum Gasteiger partial charge on any atom is -0.320 e. The Morgan fingerprint density at radius 3 is 2.72 bits per heavy atom. The summed E-state index contributed by atoms with van der Waals surface area (Å²) >= 11 is 1.43. The number of amides is 1. The molecule has 0 aliphatic rings. The van der Waals surface area contributed by atoms with Gasteiger partial charge >= 0.3 is 0 Å². The molecule has 25 heavy (non-hydrogen) atoms. The van der Waals surface area contributed by atoms with E-state index < -0.39 is 0 Å². The molecule has 4 heterocycles. The zero-order valence-corrected chi connectivity index (χ0v) is 13.7. The lowest BCUT2D eigenvalue weighted by Gasteiger charge is -2.05. The van der Waals surface area contributed by atoms with Gasteiger partial charge in [0.25, 0.3) is 5.91 Å². The summed E-state index contributed by atoms with van der Waals surface area (Å²) in [6, 6.07) is 11.0. The van der Waals surface area contributed by atoms with Crippen LogP contribution in [0.1, 0.15) is 10.5 Å². The van der Waals surface area contributed by atoms with Gasteiger partial charge in [-0.05, 0) is 30.3 Å². The fourth-order valence-corrected chi connectivity index (χ4v) is 2.97. The van der Waals surface area contributed by atoms with E-state index in [-0.39, 0.29) is 5.91 Å². The number of hydrogen-bond acceptors (Lipinski definition) is 6. The molecule has 7 nitrogen and oxygen atoms in total. The van der Waals surface area contributed by atoms with Gasteiger partial charge in [-0.1, -0.05) is 17.8 Å². The van der Waals surface area contributed by atoms with E-state index in [2.05, 4.69) is 25.3 Å². The molecule has 0 bridgehead atoms. The molecule has 0 spiro atoms. The Morgan fingerprint density at radius 1 is 1.00 bits per heavy atom. The van der Waals surface area contributed by atoms with Crippen molar-refractivity contribution in [3.8, 4) is 0 Å². The second-order valence-electron chi connectivity index (χ2n) is 5.06. The molecular weight excluding hydrogens is 336 g/mol. The number of anilines is 1. The molecule has 1 N–H and O–H groups in total. The second kappa shape index (κ2) is 6.70. The van der Waals surface area contributed by atoms with Gasteiger partial charge < -0.3 is 5.32 Å². The van der Waals surface area contributed by atoms with E-state index in [1.807, 2.05) is 18.2 Å². The van der Waals surface area contributed by atoms with Crippen LogP contribution < -0.4 is 5.32 Å². The lowest BCUT2D eigenvalue weighted by Crippen LogP contribution is -2.12. The van der Waals surface area contributed by atoms with Crippen LogP contribution in [-0.4, -0.2) is 30.2 Å². The van der Waals surface area contributed by atoms with Crippen molar-refractivity contribution in [1.82, 2.24) is 24.3 Å². The number of rotatable bonds is 4. The summed E-state index contributed by atoms with van der Waals surface area (Å²) in [5.74, 6) is 0.180. The Balaban J connectivity index is 1.52. The Labute approximate surface area is 147 Å². The van der Waals surface area contributed by atoms with Gasteiger partial charge in [-0.25, -0.2) is 19.9 Å². The quantitative estimate of drug-likeness (QED) is 0.610. The first-order valence-electron chi connectivity index (χ1n) is 7.44. The average molecular weight is 348 g/mol. The molecule has 122 valence electrons. The van der Waals surface area contributed by atoms with Gasteiger partial charge in [0.05, 0.1) is 0 Å². The highest BCUT2D eigenvalue weighted by Crippen LogP contribution is 2.25. The lowest BCUT2D eigenvalue weighted by atomic mass is 10.3. The second-order valence-corrected chi connectivity index (χ2v) is 6.10. The zero-order chi connectivity index (χ0) is 17.1. The van der Waals surface area contributed by atoms with E-state index in [0.29, 0.717) is 17.2 Å². The van der Waals surface area contributed by atoms with Crippen molar-refractivity contribution in [3.05, 3.63) is 73.1 Å². The topological polar surface area (TPSA) is 85.1 Å². The lowest BCUT2D eigenvalue weighted by molar-refractivity contribution is 0.102. The number of carbonyl (C=O) groups is 1. The van der Waals surface area contributed by atoms with Crippen molar-refractivity contribution in [2.24, 2.45) is 0 Å². The summed E-state index contributed by atoms with van der Waals surface area (Å²) in [5, 5.41) is 4.41. The normalized spacial score (nSPS) is 10.7. The molecule has 8 heteroatoms. The van der Waals surface area contributed by atoms with Gasteiger partial charge in [-0.2, -0.15) is 0 Å². The Kier molecular flexibility index (Phi) is 4.09. The highest BCUT2D eigenvalue weighted by molar-refractivity contribution is 7.99. The maximum absolute atomic E-state index is 12.4. The molecule has 4 aromatic rings. The SMILES string of the molecule is O=C(Nc1ccnc(Sc2ccccn2)c1)c1cn2cccnc2n1. The van der Waals surface area contributed by atoms with Gasteiger partial charge in [0.1, 0.15) is 15.7 Å². The van der Waals surface area contributed by atoms with E-state index in [1.54, 1.807) is 53.6 Å². The zero-order valence-electron chi connectivity index (χ0n) is 12.9. The van der Waals surface area contributed by atoms with E-state index in [0.717, 1.165) is 10.1 Å². The third kappa shape index (κ3) is 3.48. The number of carbonyl (C=O) groups excluding carboxylic acids is 1. The first kappa shape index (κ1) is 15.3. The van der Waals surface area contributed by atoms with E-state index in [1.165, 1.54) is 11.8 Å². The van der Waals surface area contributed by atoms with Gasteiger partial charge in [-0.15, -0.1) is 0 Å². The molecule has 0 aromatic carbocycles. The summed E-state index contributed by atoms with van der Waals surface area (Å²) < 4.78 is 1.70. The highest BCUT2D eigenvalue weighted by atomic mass is 32.2. The fourth-order valence-electron chi connectivity index (χ4n) is 2.19. The number of nitrogens with zero attached hydrogens (tertiary/aromatic N) is 5. The van der Waals surface area contributed by atoms with Gasteiger partial charge in [-0.3, -0.25) is 9.20 Å². The standard InChI is InChI=1S/C17H12N6OS/c24-16(13-11-23-9-3-7-20-17(23)22-13)21-12-5-8-19-15(10-12)25-14-4-1-2-6-18-14/h1-11H,(H,19,21,24). The highest BCUT2D eigenvalue weighted by Gasteiger charge is 2.12. The number of pyridine rings is 2. The third-order valence-corrected chi connectivity index (χ3v) is 4.19. The fraction of sp³-hybridized carbons (Fsp3) is 0. The number of fused-ring (bicyclic) bond motifs is 1. The van der Waals surface area contributed by atoms with Gasteiger partial charge in [0.15, 0.2) is 0 Å². The molecule has 1 amide bonds. The molecule has 0 radical (unpaired) electrons. The number of imidazole rings is 1. The minimum absolute atomic E-state index is 0.300. The van der Waals surface area contributed by atoms with Crippen LogP contribution in [0.2, 0.25) is 0 Å². The third-order valence-electron chi connectivity index (χ3n) is 3.31. The molecule has 4 aromatic heterocycles. The Morgan fingerprint density at radius 2 is 1.88 bits per heavy atom. The maximum atomic E-state index is 12.4. The summed E-state index contributed by atoms with van der Waals surface area (Å²) in [4.78, 5) is 29.3. The number of hydrogen-bond donors (Lipinski definition) is 1. The molecule has 0 unspecified atom stereocenters. The van der Waals surface area contributed by atoms with Crippen molar-refractivity contribution in [2.75, 3.05) is 5.32 Å². The van der Waals surface area contributed by atoms with Crippen LogP contribution in [0.4, 0.5) is 5.69 Å². The Bertz CT molecular complexity index is 1000. The van der Waals surface area contributed by atoms with Crippen molar-refractivity contribution in [1.29, 1.82) is 0 Å². The summed E-state index contributed by atoms with van der Waals surface area (Å²) in [5.41, 5.74) is 0.942. The number of nitrogens with one attached hydrogen (secondary N) is 1. The molecule has 0 aliphatic heterocycles. The van der Waals surface area contributed by atoms with E-state index in [4.69, 9.17) is 0 Å². The molecule has 0 saturated carbocycles. The maximum Gasteiger partial charge on any atom is 0.275 e. The van der Waals surface area contributed by atoms with Crippen LogP contribution in [0.5, 0.6) is 0 Å². The van der Waals surface area contributed by atoms with E-state index in [9.17, 15) is 4.79 Å². The molecular formula is C17H12N6OS. The van der Waals surface area contributed by atoms with Crippen LogP contribution in [0.25, 0.3) is 5.78 Å². The van der Waals surface area contributed by atoms with Crippen LogP contribution in [-0.2, 0) is 0 Å². The summed E-state index contributed by atoms with van der Waals surface area (Å²) in [6.45, 7) is 0. The summed E-state index contributed by atoms with van der Waals surface area (Å²) in [6.07, 6.45) is 8.44. The van der Waals surface area contributed by atoms with Crippen LogP contribution in [0, 0.1) is 0 Å². The minimum atomic E-state index is -0.300. The van der Waals surface area contributed by atoms with Gasteiger partial charge in [0.2, 0.25) is 5.78 Å². The predicted octanol–water partition coefficient (Wildman–Crippen LogP) is 2.92. The van der Waals surface area contributed by atoms with Gasteiger partial charge in [0, 0.05) is 36.7 Å². The van der Waals surface area contributed by atoms with Crippen LogP contribution in [0.15, 0.2) is 77.4 Å². The first-order chi connectivity index (χ1) is 12.3. The molecule has 0 saturated heterocycles. The number of aromatic nitrogens is 5. The average Bonchev–Trinajstić information content (AvgIpc) is 3.07. The smallest absolute Gasteiger partial charge is 0.275 e. The largest absolute Gasteiger partial charge is 0.320 e. The van der Waals surface area contributed by atoms with Crippen molar-refractivity contribution >= 4 is 29.1 Å². The van der Waals surface area contributed by atoms with Crippen LogP contribution >= 0.6 is 11.8 Å². The first-order valence-corrected chi connectivity index (χ1v) is 8.25. The monoisotopic (exact) mass is 348 g/mol. The predicted molar refractivity (Wildman–Crippen MR) is 93.5 cm³/mol. The Hall–Kier alpha value is -3.26. The van der Waals surface area contributed by atoms with Crippen molar-refractivity contribution in [2.45, 2.75) is 10.1 Å². The van der Waals surface area contributed by atoms with E-state index >= 15 is 0 Å². The molecule has 0 fully saturated rings. The summed E-state index contributed by atoms with van der Waals surface area (Å²) in [7, 11) is 0. The van der Waals surface area contributed by atoms with Crippen molar-refractivity contribution < 1.29 is 4.79 Å². The molecule has 0 aliphatic carbocycles. The van der Waals surface area contributed by atoms with Crippen LogP contribution in [0.3, 0.4) is 0 Å². The van der Waals surface area contributed by atoms with Crippen molar-refractivity contribution in [3.63, 3.8) is 0 Å². The molecule has 4 rings (SSSR count). The molecule has 0 atom stereocenters.